The largest absolute Gasteiger partial charge is 0.298 e. The molecule has 0 aliphatic carbocycles. The number of carbonyl (C=O) groups excluding carboxylic acids is 1. The standard InChI is InChI=1S/C11H20OS2/c1-9(2)4-3-5-10(12)11-8-13-6-7-14-11/h9,11H,3-8H2,1-2H3. The zero-order valence-corrected chi connectivity index (χ0v) is 10.8. The molecule has 82 valence electrons. The SMILES string of the molecule is CC(C)CCCC(=O)C1CSCCS1. The van der Waals surface area contributed by atoms with Gasteiger partial charge in [-0.1, -0.05) is 20.3 Å². The molecule has 14 heavy (non-hydrogen) atoms. The van der Waals surface area contributed by atoms with Crippen LogP contribution in [0.4, 0.5) is 0 Å². The maximum absolute atomic E-state index is 11.7. The first-order valence-corrected chi connectivity index (χ1v) is 7.62. The first-order valence-electron chi connectivity index (χ1n) is 5.42. The van der Waals surface area contributed by atoms with E-state index in [1.54, 1.807) is 0 Å². The molecule has 1 unspecified atom stereocenters. The molecule has 1 saturated heterocycles. The molecule has 0 amide bonds. The molecule has 1 rings (SSSR count). The Kier molecular flexibility index (Phi) is 6.02. The first-order chi connectivity index (χ1) is 6.70. The fourth-order valence-electron chi connectivity index (χ4n) is 1.52. The van der Waals surface area contributed by atoms with Crippen molar-refractivity contribution in [3.8, 4) is 0 Å². The van der Waals surface area contributed by atoms with Gasteiger partial charge in [0.05, 0.1) is 5.25 Å². The Morgan fingerprint density at radius 3 is 2.79 bits per heavy atom. The Morgan fingerprint density at radius 1 is 1.43 bits per heavy atom. The Labute approximate surface area is 95.8 Å². The van der Waals surface area contributed by atoms with E-state index in [4.69, 9.17) is 0 Å². The fourth-order valence-corrected chi connectivity index (χ4v) is 4.20. The van der Waals surface area contributed by atoms with Crippen LogP contribution >= 0.6 is 23.5 Å². The van der Waals surface area contributed by atoms with Gasteiger partial charge in [0.25, 0.3) is 0 Å². The highest BCUT2D eigenvalue weighted by atomic mass is 32.2. The van der Waals surface area contributed by atoms with Gasteiger partial charge in [-0.05, 0) is 12.3 Å². The van der Waals surface area contributed by atoms with Crippen LogP contribution in [-0.2, 0) is 4.79 Å². The van der Waals surface area contributed by atoms with E-state index in [0.717, 1.165) is 30.3 Å². The average Bonchev–Trinajstić information content (AvgIpc) is 2.18. The van der Waals surface area contributed by atoms with Crippen LogP contribution in [0.2, 0.25) is 0 Å². The molecule has 0 aromatic rings. The van der Waals surface area contributed by atoms with E-state index in [2.05, 4.69) is 13.8 Å². The lowest BCUT2D eigenvalue weighted by atomic mass is 10.0. The van der Waals surface area contributed by atoms with Crippen LogP contribution in [0, 0.1) is 5.92 Å². The zero-order chi connectivity index (χ0) is 10.4. The molecule has 1 aliphatic rings. The van der Waals surface area contributed by atoms with Crippen molar-refractivity contribution in [3.63, 3.8) is 0 Å². The maximum Gasteiger partial charge on any atom is 0.146 e. The third-order valence-electron chi connectivity index (χ3n) is 2.38. The lowest BCUT2D eigenvalue weighted by Crippen LogP contribution is -2.24. The van der Waals surface area contributed by atoms with Gasteiger partial charge in [-0.15, -0.1) is 11.8 Å². The van der Waals surface area contributed by atoms with Crippen LogP contribution in [0.1, 0.15) is 33.1 Å². The number of carbonyl (C=O) groups is 1. The molecule has 3 heteroatoms. The van der Waals surface area contributed by atoms with E-state index in [-0.39, 0.29) is 0 Å². The summed E-state index contributed by atoms with van der Waals surface area (Å²) in [6, 6.07) is 0. The topological polar surface area (TPSA) is 17.1 Å². The summed E-state index contributed by atoms with van der Waals surface area (Å²) in [6.07, 6.45) is 3.07. The normalized spacial score (nSPS) is 22.6. The van der Waals surface area contributed by atoms with E-state index in [1.807, 2.05) is 23.5 Å². The van der Waals surface area contributed by atoms with Crippen LogP contribution in [-0.4, -0.2) is 28.3 Å². The molecular formula is C11H20OS2. The number of hydrogen-bond acceptors (Lipinski definition) is 3. The third kappa shape index (κ3) is 4.74. The molecule has 1 fully saturated rings. The van der Waals surface area contributed by atoms with Gasteiger partial charge in [-0.3, -0.25) is 4.79 Å². The van der Waals surface area contributed by atoms with Gasteiger partial charge < -0.3 is 0 Å². The van der Waals surface area contributed by atoms with Crippen molar-refractivity contribution in [2.24, 2.45) is 5.92 Å². The van der Waals surface area contributed by atoms with Gasteiger partial charge in [0.2, 0.25) is 0 Å². The maximum atomic E-state index is 11.7. The summed E-state index contributed by atoms with van der Waals surface area (Å²) < 4.78 is 0. The lowest BCUT2D eigenvalue weighted by Gasteiger charge is -2.19. The summed E-state index contributed by atoms with van der Waals surface area (Å²) in [4.78, 5) is 11.7. The van der Waals surface area contributed by atoms with Crippen LogP contribution in [0.5, 0.6) is 0 Å². The molecule has 0 aromatic carbocycles. The molecule has 1 heterocycles. The lowest BCUT2D eigenvalue weighted by molar-refractivity contribution is -0.118. The summed E-state index contributed by atoms with van der Waals surface area (Å²) in [5, 5.41) is 0.306. The van der Waals surface area contributed by atoms with Crippen molar-refractivity contribution in [1.29, 1.82) is 0 Å². The second-order valence-electron chi connectivity index (χ2n) is 4.19. The summed E-state index contributed by atoms with van der Waals surface area (Å²) >= 11 is 3.79. The van der Waals surface area contributed by atoms with Gasteiger partial charge >= 0.3 is 0 Å². The number of hydrogen-bond donors (Lipinski definition) is 0. The van der Waals surface area contributed by atoms with Crippen molar-refractivity contribution in [3.05, 3.63) is 0 Å². The zero-order valence-electron chi connectivity index (χ0n) is 9.12. The van der Waals surface area contributed by atoms with E-state index < -0.39 is 0 Å². The molecule has 0 radical (unpaired) electrons. The molecule has 1 aliphatic heterocycles. The highest BCUT2D eigenvalue weighted by Gasteiger charge is 2.21. The molecule has 1 atom stereocenters. The molecule has 0 N–H and O–H groups in total. The first kappa shape index (κ1) is 12.4. The van der Waals surface area contributed by atoms with Crippen LogP contribution in [0.3, 0.4) is 0 Å². The number of Topliss-reactive ketones (excluding diaryl/α,β-unsaturated/α-hetero) is 1. The molecule has 0 aromatic heterocycles. The highest BCUT2D eigenvalue weighted by molar-refractivity contribution is 8.07. The number of ketones is 1. The molecule has 0 saturated carbocycles. The Balaban J connectivity index is 2.13. The number of thioether (sulfide) groups is 2. The van der Waals surface area contributed by atoms with Crippen molar-refractivity contribution >= 4 is 29.3 Å². The Morgan fingerprint density at radius 2 is 2.21 bits per heavy atom. The van der Waals surface area contributed by atoms with E-state index in [0.29, 0.717) is 11.0 Å². The quantitative estimate of drug-likeness (QED) is 0.724. The van der Waals surface area contributed by atoms with E-state index in [9.17, 15) is 4.79 Å². The molecule has 0 bridgehead atoms. The predicted molar refractivity (Wildman–Crippen MR) is 67.3 cm³/mol. The van der Waals surface area contributed by atoms with Crippen molar-refractivity contribution in [2.45, 2.75) is 38.4 Å². The van der Waals surface area contributed by atoms with Gasteiger partial charge in [0, 0.05) is 23.7 Å². The van der Waals surface area contributed by atoms with E-state index in [1.165, 1.54) is 12.2 Å². The van der Waals surface area contributed by atoms with Crippen molar-refractivity contribution < 1.29 is 4.79 Å². The molecule has 0 spiro atoms. The summed E-state index contributed by atoms with van der Waals surface area (Å²) in [5.74, 6) is 4.65. The van der Waals surface area contributed by atoms with E-state index >= 15 is 0 Å². The van der Waals surface area contributed by atoms with Gasteiger partial charge in [-0.2, -0.15) is 11.8 Å². The minimum atomic E-state index is 0.306. The average molecular weight is 232 g/mol. The minimum absolute atomic E-state index is 0.306. The summed E-state index contributed by atoms with van der Waals surface area (Å²) in [7, 11) is 0. The smallest absolute Gasteiger partial charge is 0.146 e. The Bertz CT molecular complexity index is 174. The Hall–Kier alpha value is 0.370. The molecule has 1 nitrogen and oxygen atoms in total. The molecular weight excluding hydrogens is 212 g/mol. The monoisotopic (exact) mass is 232 g/mol. The van der Waals surface area contributed by atoms with Gasteiger partial charge in [-0.25, -0.2) is 0 Å². The minimum Gasteiger partial charge on any atom is -0.298 e. The van der Waals surface area contributed by atoms with Crippen LogP contribution in [0.25, 0.3) is 0 Å². The van der Waals surface area contributed by atoms with Crippen LogP contribution in [0.15, 0.2) is 0 Å². The van der Waals surface area contributed by atoms with Crippen LogP contribution < -0.4 is 0 Å². The highest BCUT2D eigenvalue weighted by Crippen LogP contribution is 2.26. The summed E-state index contributed by atoms with van der Waals surface area (Å²) in [5.41, 5.74) is 0. The third-order valence-corrected chi connectivity index (χ3v) is 5.18. The predicted octanol–water partition coefficient (Wildman–Crippen LogP) is 3.23. The van der Waals surface area contributed by atoms with Gasteiger partial charge in [0.1, 0.15) is 5.78 Å². The van der Waals surface area contributed by atoms with Crippen molar-refractivity contribution in [1.82, 2.24) is 0 Å². The van der Waals surface area contributed by atoms with Crippen molar-refractivity contribution in [2.75, 3.05) is 17.3 Å². The summed E-state index contributed by atoms with van der Waals surface area (Å²) in [6.45, 7) is 4.44. The number of rotatable bonds is 5. The fraction of sp³-hybridized carbons (Fsp3) is 0.909. The van der Waals surface area contributed by atoms with Gasteiger partial charge in [0.15, 0.2) is 0 Å². The second-order valence-corrected chi connectivity index (χ2v) is 6.65. The second kappa shape index (κ2) is 6.78.